The van der Waals surface area contributed by atoms with Crippen molar-refractivity contribution in [2.75, 3.05) is 25.0 Å². The van der Waals surface area contributed by atoms with Crippen LogP contribution >= 0.6 is 0 Å². The molecule has 0 spiro atoms. The molecular formula is C13H26N4O. The molecule has 0 aromatic carbocycles. The minimum absolute atomic E-state index is 0.618. The van der Waals surface area contributed by atoms with Gasteiger partial charge in [-0.3, -0.25) is 0 Å². The van der Waals surface area contributed by atoms with Gasteiger partial charge in [-0.2, -0.15) is 0 Å². The molecule has 1 aromatic heterocycles. The predicted octanol–water partition coefficient (Wildman–Crippen LogP) is 2.44. The number of nitrogens with zero attached hydrogens (tertiary/aromatic N) is 3. The van der Waals surface area contributed by atoms with E-state index < -0.39 is 0 Å². The van der Waals surface area contributed by atoms with Gasteiger partial charge in [-0.25, -0.2) is 0 Å². The van der Waals surface area contributed by atoms with Gasteiger partial charge in [0.1, 0.15) is 0 Å². The van der Waals surface area contributed by atoms with Gasteiger partial charge in [0.25, 0.3) is 0 Å². The van der Waals surface area contributed by atoms with Crippen LogP contribution in [0.4, 0.5) is 6.01 Å². The van der Waals surface area contributed by atoms with Crippen LogP contribution in [-0.4, -0.2) is 30.3 Å². The number of nitrogens with one attached hydrogen (secondary N) is 1. The van der Waals surface area contributed by atoms with E-state index in [9.17, 15) is 0 Å². The average Bonchev–Trinajstić information content (AvgIpc) is 2.77. The lowest BCUT2D eigenvalue weighted by molar-refractivity contribution is 0.449. The van der Waals surface area contributed by atoms with Crippen LogP contribution in [0, 0.1) is 5.92 Å². The van der Waals surface area contributed by atoms with E-state index >= 15 is 0 Å². The molecule has 0 aliphatic carbocycles. The smallest absolute Gasteiger partial charge is 0.317 e. The van der Waals surface area contributed by atoms with Crippen molar-refractivity contribution in [1.82, 2.24) is 15.5 Å². The van der Waals surface area contributed by atoms with Crippen LogP contribution in [0.5, 0.6) is 0 Å². The fraction of sp³-hybridized carbons (Fsp3) is 0.846. The summed E-state index contributed by atoms with van der Waals surface area (Å²) in [6, 6.07) is 0.618. The monoisotopic (exact) mass is 254 g/mol. The summed E-state index contributed by atoms with van der Waals surface area (Å²) in [5.41, 5.74) is 0. The second kappa shape index (κ2) is 8.08. The Bertz CT molecular complexity index is 325. The van der Waals surface area contributed by atoms with Crippen molar-refractivity contribution in [2.24, 2.45) is 5.92 Å². The highest BCUT2D eigenvalue weighted by Gasteiger charge is 2.09. The lowest BCUT2D eigenvalue weighted by atomic mass is 10.2. The first-order valence-corrected chi connectivity index (χ1v) is 6.87. The molecule has 0 aliphatic rings. The van der Waals surface area contributed by atoms with Gasteiger partial charge < -0.3 is 14.6 Å². The van der Waals surface area contributed by atoms with Crippen LogP contribution in [0.25, 0.3) is 0 Å². The molecule has 0 saturated heterocycles. The van der Waals surface area contributed by atoms with E-state index in [1.165, 1.54) is 12.8 Å². The molecule has 5 heteroatoms. The van der Waals surface area contributed by atoms with Gasteiger partial charge in [0.15, 0.2) is 0 Å². The molecule has 5 nitrogen and oxygen atoms in total. The SMILES string of the molecule is CCCCCN(C)c1nnc(CNCC(C)C)o1. The van der Waals surface area contributed by atoms with Crippen molar-refractivity contribution in [1.29, 1.82) is 0 Å². The molecule has 0 amide bonds. The van der Waals surface area contributed by atoms with Crippen molar-refractivity contribution in [2.45, 2.75) is 46.6 Å². The third-order valence-corrected chi connectivity index (χ3v) is 2.71. The molecule has 0 radical (unpaired) electrons. The third-order valence-electron chi connectivity index (χ3n) is 2.71. The minimum atomic E-state index is 0.618. The standard InChI is InChI=1S/C13H26N4O/c1-5-6-7-8-17(4)13-16-15-12(18-13)10-14-9-11(2)3/h11,14H,5-10H2,1-4H3. The molecule has 0 bridgehead atoms. The van der Waals surface area contributed by atoms with Gasteiger partial charge in [0.2, 0.25) is 5.89 Å². The van der Waals surface area contributed by atoms with E-state index in [0.717, 1.165) is 19.5 Å². The molecule has 104 valence electrons. The van der Waals surface area contributed by atoms with Crippen molar-refractivity contribution in [3.63, 3.8) is 0 Å². The number of unbranched alkanes of at least 4 members (excludes halogenated alkanes) is 2. The highest BCUT2D eigenvalue weighted by molar-refractivity contribution is 5.21. The summed E-state index contributed by atoms with van der Waals surface area (Å²) in [7, 11) is 1.99. The summed E-state index contributed by atoms with van der Waals surface area (Å²) >= 11 is 0. The highest BCUT2D eigenvalue weighted by atomic mass is 16.4. The quantitative estimate of drug-likeness (QED) is 0.686. The molecule has 18 heavy (non-hydrogen) atoms. The third kappa shape index (κ3) is 5.49. The Balaban J connectivity index is 2.32. The zero-order chi connectivity index (χ0) is 13.4. The van der Waals surface area contributed by atoms with Gasteiger partial charge in [-0.15, -0.1) is 5.10 Å². The van der Waals surface area contributed by atoms with Crippen molar-refractivity contribution in [3.8, 4) is 0 Å². The number of aromatic nitrogens is 2. The van der Waals surface area contributed by atoms with Crippen molar-refractivity contribution < 1.29 is 4.42 Å². The Labute approximate surface area is 110 Å². The molecule has 0 unspecified atom stereocenters. The van der Waals surface area contributed by atoms with Crippen LogP contribution in [0.1, 0.15) is 45.9 Å². The minimum Gasteiger partial charge on any atom is -0.407 e. The van der Waals surface area contributed by atoms with Gasteiger partial charge in [-0.05, 0) is 18.9 Å². The van der Waals surface area contributed by atoms with E-state index in [4.69, 9.17) is 4.42 Å². The summed E-state index contributed by atoms with van der Waals surface area (Å²) < 4.78 is 5.60. The predicted molar refractivity (Wildman–Crippen MR) is 73.6 cm³/mol. The van der Waals surface area contributed by atoms with E-state index in [1.807, 2.05) is 11.9 Å². The topological polar surface area (TPSA) is 54.2 Å². The fourth-order valence-corrected chi connectivity index (χ4v) is 1.63. The van der Waals surface area contributed by atoms with E-state index in [0.29, 0.717) is 24.4 Å². The molecule has 0 fully saturated rings. The van der Waals surface area contributed by atoms with E-state index in [2.05, 4.69) is 36.3 Å². The summed E-state index contributed by atoms with van der Waals surface area (Å²) in [5, 5.41) is 11.4. The van der Waals surface area contributed by atoms with E-state index in [-0.39, 0.29) is 0 Å². The molecule has 1 N–H and O–H groups in total. The number of hydrogen-bond acceptors (Lipinski definition) is 5. The molecule has 1 heterocycles. The highest BCUT2D eigenvalue weighted by Crippen LogP contribution is 2.11. The Morgan fingerprint density at radius 1 is 1.28 bits per heavy atom. The molecule has 0 aliphatic heterocycles. The molecular weight excluding hydrogens is 228 g/mol. The lowest BCUT2D eigenvalue weighted by Crippen LogP contribution is -2.19. The van der Waals surface area contributed by atoms with Gasteiger partial charge in [0.05, 0.1) is 6.54 Å². The summed E-state index contributed by atoms with van der Waals surface area (Å²) in [6.07, 6.45) is 3.62. The first kappa shape index (κ1) is 15.0. The zero-order valence-electron chi connectivity index (χ0n) is 12.1. The van der Waals surface area contributed by atoms with Gasteiger partial charge in [0, 0.05) is 13.6 Å². The fourth-order valence-electron chi connectivity index (χ4n) is 1.63. The maximum atomic E-state index is 5.60. The number of hydrogen-bond donors (Lipinski definition) is 1. The Morgan fingerprint density at radius 3 is 2.72 bits per heavy atom. The summed E-state index contributed by atoms with van der Waals surface area (Å²) in [6.45, 7) is 9.12. The Morgan fingerprint density at radius 2 is 2.06 bits per heavy atom. The van der Waals surface area contributed by atoms with Crippen LogP contribution in [0.15, 0.2) is 4.42 Å². The average molecular weight is 254 g/mol. The first-order chi connectivity index (χ1) is 8.63. The van der Waals surface area contributed by atoms with Gasteiger partial charge >= 0.3 is 6.01 Å². The Kier molecular flexibility index (Phi) is 6.72. The van der Waals surface area contributed by atoms with Crippen molar-refractivity contribution in [3.05, 3.63) is 5.89 Å². The van der Waals surface area contributed by atoms with E-state index in [1.54, 1.807) is 0 Å². The number of rotatable bonds is 9. The zero-order valence-corrected chi connectivity index (χ0v) is 12.1. The maximum absolute atomic E-state index is 5.60. The van der Waals surface area contributed by atoms with Gasteiger partial charge in [-0.1, -0.05) is 38.7 Å². The molecule has 1 rings (SSSR count). The lowest BCUT2D eigenvalue weighted by Gasteiger charge is -2.12. The summed E-state index contributed by atoms with van der Waals surface area (Å²) in [5.74, 6) is 1.29. The first-order valence-electron chi connectivity index (χ1n) is 6.87. The van der Waals surface area contributed by atoms with Crippen LogP contribution in [0.3, 0.4) is 0 Å². The van der Waals surface area contributed by atoms with Crippen molar-refractivity contribution >= 4 is 6.01 Å². The molecule has 0 atom stereocenters. The maximum Gasteiger partial charge on any atom is 0.317 e. The van der Waals surface area contributed by atoms with Crippen LogP contribution in [0.2, 0.25) is 0 Å². The Hall–Kier alpha value is -1.10. The van der Waals surface area contributed by atoms with Crippen LogP contribution < -0.4 is 10.2 Å². The second-order valence-corrected chi connectivity index (χ2v) is 5.13. The largest absolute Gasteiger partial charge is 0.407 e. The normalized spacial score (nSPS) is 11.2. The second-order valence-electron chi connectivity index (χ2n) is 5.13. The number of anilines is 1. The van der Waals surface area contributed by atoms with Crippen LogP contribution in [-0.2, 0) is 6.54 Å². The molecule has 0 saturated carbocycles. The summed E-state index contributed by atoms with van der Waals surface area (Å²) in [4.78, 5) is 2.02. The molecule has 1 aromatic rings.